The van der Waals surface area contributed by atoms with E-state index in [0.717, 1.165) is 6.42 Å². The molecule has 1 aliphatic rings. The van der Waals surface area contributed by atoms with Gasteiger partial charge in [0.05, 0.1) is 25.4 Å². The first-order valence-corrected chi connectivity index (χ1v) is 5.66. The molecule has 1 fully saturated rings. The van der Waals surface area contributed by atoms with Gasteiger partial charge in [-0.2, -0.15) is 12.6 Å². The predicted octanol–water partition coefficient (Wildman–Crippen LogP) is -0.848. The van der Waals surface area contributed by atoms with E-state index in [2.05, 4.69) is 12.6 Å². The van der Waals surface area contributed by atoms with Crippen LogP contribution < -0.4 is 0 Å². The van der Waals surface area contributed by atoms with Crippen molar-refractivity contribution in [2.24, 2.45) is 0 Å². The van der Waals surface area contributed by atoms with Crippen LogP contribution in [0.5, 0.6) is 0 Å². The maximum atomic E-state index is 9.57. The zero-order valence-electron chi connectivity index (χ0n) is 8.45. The van der Waals surface area contributed by atoms with Gasteiger partial charge in [0.2, 0.25) is 0 Å². The zero-order valence-corrected chi connectivity index (χ0v) is 9.34. The van der Waals surface area contributed by atoms with E-state index in [-0.39, 0.29) is 12.2 Å². The molecule has 6 heteroatoms. The fourth-order valence-corrected chi connectivity index (χ4v) is 1.59. The van der Waals surface area contributed by atoms with Crippen molar-refractivity contribution in [1.29, 1.82) is 0 Å². The maximum Gasteiger partial charge on any atom is 0.160 e. The molecule has 0 aliphatic carbocycles. The van der Waals surface area contributed by atoms with Gasteiger partial charge in [-0.05, 0) is 6.42 Å². The molecular formula is C9H18O5S. The first-order valence-electron chi connectivity index (χ1n) is 5.03. The van der Waals surface area contributed by atoms with E-state index in [1.807, 2.05) is 0 Å². The SMILES string of the molecule is OC(CS)[C@@H](O)[C@H](O)CC1OCCCO1. The molecular weight excluding hydrogens is 220 g/mol. The minimum absolute atomic E-state index is 0.102. The van der Waals surface area contributed by atoms with Gasteiger partial charge in [0, 0.05) is 12.2 Å². The first-order chi connectivity index (χ1) is 7.15. The van der Waals surface area contributed by atoms with Crippen molar-refractivity contribution < 1.29 is 24.8 Å². The number of aliphatic hydroxyl groups is 3. The highest BCUT2D eigenvalue weighted by atomic mass is 32.1. The summed E-state index contributed by atoms with van der Waals surface area (Å²) in [5.74, 6) is 0.102. The molecule has 0 aromatic heterocycles. The van der Waals surface area contributed by atoms with E-state index in [9.17, 15) is 15.3 Å². The summed E-state index contributed by atoms with van der Waals surface area (Å²) in [5.41, 5.74) is 0. The summed E-state index contributed by atoms with van der Waals surface area (Å²) in [6.07, 6.45) is -2.80. The fourth-order valence-electron chi connectivity index (χ4n) is 1.37. The lowest BCUT2D eigenvalue weighted by Gasteiger charge is -2.28. The molecule has 0 aromatic rings. The van der Waals surface area contributed by atoms with Crippen LogP contribution >= 0.6 is 12.6 Å². The van der Waals surface area contributed by atoms with Crippen molar-refractivity contribution in [3.8, 4) is 0 Å². The number of thiol groups is 1. The second-order valence-corrected chi connectivity index (χ2v) is 3.93. The Morgan fingerprint density at radius 3 is 2.27 bits per heavy atom. The van der Waals surface area contributed by atoms with Gasteiger partial charge in [-0.3, -0.25) is 0 Å². The molecule has 3 N–H and O–H groups in total. The molecule has 15 heavy (non-hydrogen) atoms. The summed E-state index contributed by atoms with van der Waals surface area (Å²) >= 11 is 3.83. The Morgan fingerprint density at radius 1 is 1.13 bits per heavy atom. The Morgan fingerprint density at radius 2 is 1.73 bits per heavy atom. The molecule has 0 amide bonds. The lowest BCUT2D eigenvalue weighted by molar-refractivity contribution is -0.199. The molecule has 5 nitrogen and oxygen atoms in total. The van der Waals surface area contributed by atoms with Crippen molar-refractivity contribution in [2.45, 2.75) is 37.4 Å². The second-order valence-electron chi connectivity index (χ2n) is 3.57. The van der Waals surface area contributed by atoms with Crippen LogP contribution in [-0.2, 0) is 9.47 Å². The standard InChI is InChI=1S/C9H18O5S/c10-6(9(12)7(11)5-15)4-8-13-2-1-3-14-8/h6-12,15H,1-5H2/t6-,7?,9+/m1/s1. The third-order valence-corrected chi connectivity index (χ3v) is 2.68. The quantitative estimate of drug-likeness (QED) is 0.469. The van der Waals surface area contributed by atoms with E-state index in [1.54, 1.807) is 0 Å². The number of hydrogen-bond acceptors (Lipinski definition) is 6. The summed E-state index contributed by atoms with van der Waals surface area (Å²) in [6, 6.07) is 0. The van der Waals surface area contributed by atoms with Crippen LogP contribution in [0.3, 0.4) is 0 Å². The fraction of sp³-hybridized carbons (Fsp3) is 1.00. The molecule has 3 atom stereocenters. The van der Waals surface area contributed by atoms with Crippen LogP contribution in [-0.4, -0.2) is 58.9 Å². The summed E-state index contributed by atoms with van der Waals surface area (Å²) in [4.78, 5) is 0. The van der Waals surface area contributed by atoms with Crippen molar-refractivity contribution in [3.63, 3.8) is 0 Å². The molecule has 0 spiro atoms. The lowest BCUT2D eigenvalue weighted by atomic mass is 10.1. The zero-order chi connectivity index (χ0) is 11.3. The monoisotopic (exact) mass is 238 g/mol. The van der Waals surface area contributed by atoms with Crippen LogP contribution in [0.2, 0.25) is 0 Å². The van der Waals surface area contributed by atoms with E-state index >= 15 is 0 Å². The third-order valence-electron chi connectivity index (χ3n) is 2.31. The molecule has 1 heterocycles. The van der Waals surface area contributed by atoms with Crippen LogP contribution in [0.25, 0.3) is 0 Å². The minimum Gasteiger partial charge on any atom is -0.390 e. The van der Waals surface area contributed by atoms with Gasteiger partial charge < -0.3 is 24.8 Å². The van der Waals surface area contributed by atoms with Crippen LogP contribution in [0.15, 0.2) is 0 Å². The van der Waals surface area contributed by atoms with Crippen molar-refractivity contribution in [2.75, 3.05) is 19.0 Å². The van der Waals surface area contributed by atoms with E-state index in [0.29, 0.717) is 13.2 Å². The van der Waals surface area contributed by atoms with Gasteiger partial charge >= 0.3 is 0 Å². The van der Waals surface area contributed by atoms with Gasteiger partial charge in [-0.25, -0.2) is 0 Å². The van der Waals surface area contributed by atoms with E-state index in [1.165, 1.54) is 0 Å². The van der Waals surface area contributed by atoms with Crippen LogP contribution in [0, 0.1) is 0 Å². The lowest BCUT2D eigenvalue weighted by Crippen LogP contribution is -2.41. The highest BCUT2D eigenvalue weighted by Gasteiger charge is 2.27. The van der Waals surface area contributed by atoms with Gasteiger partial charge in [0.25, 0.3) is 0 Å². The Labute approximate surface area is 94.4 Å². The predicted molar refractivity (Wildman–Crippen MR) is 56.8 cm³/mol. The summed E-state index contributed by atoms with van der Waals surface area (Å²) in [6.45, 7) is 1.20. The molecule has 90 valence electrons. The number of aliphatic hydroxyl groups excluding tert-OH is 3. The minimum atomic E-state index is -1.21. The number of hydrogen-bond donors (Lipinski definition) is 4. The average molecular weight is 238 g/mol. The molecule has 0 radical (unpaired) electrons. The van der Waals surface area contributed by atoms with Gasteiger partial charge in [0.1, 0.15) is 6.10 Å². The summed E-state index contributed by atoms with van der Waals surface area (Å²) < 4.78 is 10.4. The molecule has 1 saturated heterocycles. The largest absolute Gasteiger partial charge is 0.390 e. The Kier molecular flexibility index (Phi) is 5.88. The molecule has 0 aromatic carbocycles. The highest BCUT2D eigenvalue weighted by molar-refractivity contribution is 7.80. The molecule has 1 aliphatic heterocycles. The maximum absolute atomic E-state index is 9.57. The van der Waals surface area contributed by atoms with Crippen LogP contribution in [0.1, 0.15) is 12.8 Å². The molecule has 0 bridgehead atoms. The number of ether oxygens (including phenoxy) is 2. The Balaban J connectivity index is 2.29. The van der Waals surface area contributed by atoms with E-state index in [4.69, 9.17) is 9.47 Å². The smallest absolute Gasteiger partial charge is 0.160 e. The first kappa shape index (κ1) is 13.2. The topological polar surface area (TPSA) is 79.2 Å². The number of rotatable bonds is 5. The van der Waals surface area contributed by atoms with Gasteiger partial charge in [-0.15, -0.1) is 0 Å². The summed E-state index contributed by atoms with van der Waals surface area (Å²) in [5, 5.41) is 28.3. The average Bonchev–Trinajstić information content (AvgIpc) is 2.28. The second kappa shape index (κ2) is 6.67. The van der Waals surface area contributed by atoms with Crippen molar-refractivity contribution >= 4 is 12.6 Å². The molecule has 1 unspecified atom stereocenters. The van der Waals surface area contributed by atoms with Crippen LogP contribution in [0.4, 0.5) is 0 Å². The highest BCUT2D eigenvalue weighted by Crippen LogP contribution is 2.14. The van der Waals surface area contributed by atoms with Crippen molar-refractivity contribution in [3.05, 3.63) is 0 Å². The van der Waals surface area contributed by atoms with E-state index < -0.39 is 24.6 Å². The molecule has 1 rings (SSSR count). The summed E-state index contributed by atoms with van der Waals surface area (Å²) in [7, 11) is 0. The third kappa shape index (κ3) is 4.26. The van der Waals surface area contributed by atoms with Gasteiger partial charge in [-0.1, -0.05) is 0 Å². The van der Waals surface area contributed by atoms with Gasteiger partial charge in [0.15, 0.2) is 6.29 Å². The Bertz CT molecular complexity index is 174. The van der Waals surface area contributed by atoms with Crippen molar-refractivity contribution in [1.82, 2.24) is 0 Å². The normalized spacial score (nSPS) is 24.8. The Hall–Kier alpha value is 0.150. The molecule has 0 saturated carbocycles.